The number of benzene rings is 2. The van der Waals surface area contributed by atoms with Gasteiger partial charge in [0.15, 0.2) is 6.61 Å². The Morgan fingerprint density at radius 3 is 2.87 bits per heavy atom. The van der Waals surface area contributed by atoms with Crippen LogP contribution >= 0.6 is 0 Å². The van der Waals surface area contributed by atoms with E-state index >= 15 is 0 Å². The molecule has 6 nitrogen and oxygen atoms in total. The van der Waals surface area contributed by atoms with Crippen molar-refractivity contribution in [3.05, 3.63) is 83.0 Å². The number of hydrogen-bond donors (Lipinski definition) is 1. The predicted molar refractivity (Wildman–Crippen MR) is 151 cm³/mol. The van der Waals surface area contributed by atoms with Crippen LogP contribution in [0.1, 0.15) is 67.4 Å². The van der Waals surface area contributed by atoms with Gasteiger partial charge >= 0.3 is 0 Å². The van der Waals surface area contributed by atoms with Crippen LogP contribution in [-0.4, -0.2) is 45.9 Å². The molecule has 2 aromatic carbocycles. The molecule has 3 aromatic rings. The first-order valence-corrected chi connectivity index (χ1v) is 14.1. The molecule has 6 heteroatoms. The maximum atomic E-state index is 11.2. The molecule has 1 aromatic heterocycles. The predicted octanol–water partition coefficient (Wildman–Crippen LogP) is 5.35. The second kappa shape index (κ2) is 10.6. The van der Waals surface area contributed by atoms with E-state index in [4.69, 9.17) is 9.26 Å². The number of likely N-dealkylation sites (N-methyl/N-ethyl adjacent to an activating group) is 1. The Hall–Kier alpha value is -3.40. The van der Waals surface area contributed by atoms with Gasteiger partial charge in [0, 0.05) is 24.1 Å². The average molecular weight is 524 g/mol. The fourth-order valence-electron chi connectivity index (χ4n) is 7.03. The monoisotopic (exact) mass is 523 g/mol. The van der Waals surface area contributed by atoms with Crippen molar-refractivity contribution in [3.8, 4) is 17.6 Å². The Morgan fingerprint density at radius 1 is 1.18 bits per heavy atom. The summed E-state index contributed by atoms with van der Waals surface area (Å²) in [6.45, 7) is 3.96. The number of hydrogen-bond acceptors (Lipinski definition) is 6. The molecule has 0 bridgehead atoms. The molecule has 2 aliphatic carbocycles. The third kappa shape index (κ3) is 5.26. The quantitative estimate of drug-likeness (QED) is 0.439. The Morgan fingerprint density at radius 2 is 2.05 bits per heavy atom. The van der Waals surface area contributed by atoms with Gasteiger partial charge in [-0.25, -0.2) is 0 Å². The Kier molecular flexibility index (Phi) is 7.05. The van der Waals surface area contributed by atoms with E-state index in [1.807, 2.05) is 6.92 Å². The van der Waals surface area contributed by atoms with E-state index in [2.05, 4.69) is 88.5 Å². The highest BCUT2D eigenvalue weighted by atomic mass is 16.5. The van der Waals surface area contributed by atoms with Gasteiger partial charge in [0.1, 0.15) is 11.4 Å². The molecule has 6 rings (SSSR count). The molecule has 1 fully saturated rings. The van der Waals surface area contributed by atoms with Gasteiger partial charge in [-0.05, 0) is 93.7 Å². The lowest BCUT2D eigenvalue weighted by molar-refractivity contribution is -0.00805. The molecule has 0 spiro atoms. The molecule has 3 atom stereocenters. The van der Waals surface area contributed by atoms with E-state index in [1.165, 1.54) is 16.7 Å². The number of ether oxygens (including phenoxy) is 1. The first-order chi connectivity index (χ1) is 19.0. The third-order valence-electron chi connectivity index (χ3n) is 8.90. The summed E-state index contributed by atoms with van der Waals surface area (Å²) in [5, 5.41) is 15.4. The number of aryl methyl sites for hydroxylation is 1. The van der Waals surface area contributed by atoms with E-state index < -0.39 is 5.60 Å². The molecule has 0 unspecified atom stereocenters. The van der Waals surface area contributed by atoms with Gasteiger partial charge in [-0.2, -0.15) is 4.98 Å². The van der Waals surface area contributed by atoms with Gasteiger partial charge in [0.2, 0.25) is 5.82 Å². The van der Waals surface area contributed by atoms with Crippen molar-refractivity contribution in [3.63, 3.8) is 0 Å². The maximum Gasteiger partial charge on any atom is 0.254 e. The molecule has 202 valence electrons. The van der Waals surface area contributed by atoms with Gasteiger partial charge in [-0.1, -0.05) is 53.6 Å². The van der Waals surface area contributed by atoms with Crippen molar-refractivity contribution < 1.29 is 14.4 Å². The molecule has 39 heavy (non-hydrogen) atoms. The van der Waals surface area contributed by atoms with Crippen molar-refractivity contribution in [2.75, 3.05) is 20.1 Å². The summed E-state index contributed by atoms with van der Waals surface area (Å²) in [6.07, 6.45) is 8.49. The second-order valence-corrected chi connectivity index (χ2v) is 11.5. The molecule has 0 amide bonds. The summed E-state index contributed by atoms with van der Waals surface area (Å²) in [5.74, 6) is 8.45. The molecule has 1 saturated carbocycles. The number of aliphatic hydroxyl groups is 1. The van der Waals surface area contributed by atoms with Gasteiger partial charge in [0.25, 0.3) is 5.89 Å². The molecular formula is C33H37N3O3. The van der Waals surface area contributed by atoms with E-state index in [-0.39, 0.29) is 12.0 Å². The molecule has 1 N–H and O–H groups in total. The van der Waals surface area contributed by atoms with Crippen LogP contribution in [0.4, 0.5) is 0 Å². The summed E-state index contributed by atoms with van der Waals surface area (Å²) >= 11 is 0. The summed E-state index contributed by atoms with van der Waals surface area (Å²) in [6, 6.07) is 17.3. The zero-order chi connectivity index (χ0) is 26.9. The van der Waals surface area contributed by atoms with E-state index in [0.29, 0.717) is 24.1 Å². The summed E-state index contributed by atoms with van der Waals surface area (Å²) in [4.78, 5) is 6.83. The van der Waals surface area contributed by atoms with Crippen LogP contribution in [0.15, 0.2) is 59.1 Å². The minimum absolute atomic E-state index is 0.0153. The maximum absolute atomic E-state index is 11.2. The highest BCUT2D eigenvalue weighted by molar-refractivity contribution is 5.60. The number of aromatic nitrogens is 2. The zero-order valence-electron chi connectivity index (χ0n) is 22.9. The molecule has 0 radical (unpaired) electrons. The average Bonchev–Trinajstić information content (AvgIpc) is 3.42. The van der Waals surface area contributed by atoms with Crippen molar-refractivity contribution in [1.29, 1.82) is 0 Å². The summed E-state index contributed by atoms with van der Waals surface area (Å²) in [7, 11) is 2.10. The van der Waals surface area contributed by atoms with Gasteiger partial charge in [-0.3, -0.25) is 0 Å². The van der Waals surface area contributed by atoms with E-state index in [0.717, 1.165) is 62.9 Å². The Balaban J connectivity index is 1.23. The van der Waals surface area contributed by atoms with Crippen LogP contribution in [0.3, 0.4) is 0 Å². The largest absolute Gasteiger partial charge is 0.485 e. The fourth-order valence-corrected chi connectivity index (χ4v) is 7.03. The van der Waals surface area contributed by atoms with E-state index in [1.54, 1.807) is 0 Å². The van der Waals surface area contributed by atoms with Crippen LogP contribution in [-0.2, 0) is 24.9 Å². The second-order valence-electron chi connectivity index (χ2n) is 11.5. The van der Waals surface area contributed by atoms with Crippen LogP contribution in [0.25, 0.3) is 5.57 Å². The highest BCUT2D eigenvalue weighted by Gasteiger charge is 2.51. The SMILES string of the molecule is CC#C[C@@]1(O)CC[C@@]2(Cc3ccccc3)c3ccc(OCc4noc(C5=CCCN(C)C5)n4)cc3CC[C@@H]2C1. The number of fused-ring (bicyclic) bond motifs is 3. The normalized spacial score (nSPS) is 26.5. The van der Waals surface area contributed by atoms with Crippen molar-refractivity contribution in [1.82, 2.24) is 15.0 Å². The van der Waals surface area contributed by atoms with Gasteiger partial charge in [-0.15, -0.1) is 5.92 Å². The lowest BCUT2D eigenvalue weighted by atomic mass is 9.52. The molecule has 2 heterocycles. The van der Waals surface area contributed by atoms with E-state index in [9.17, 15) is 5.11 Å². The topological polar surface area (TPSA) is 71.6 Å². The fraction of sp³-hybridized carbons (Fsp3) is 0.455. The Labute approximate surface area is 231 Å². The lowest BCUT2D eigenvalue weighted by Crippen LogP contribution is -2.50. The third-order valence-corrected chi connectivity index (χ3v) is 8.90. The van der Waals surface area contributed by atoms with Crippen molar-refractivity contribution in [2.24, 2.45) is 5.92 Å². The number of nitrogens with zero attached hydrogens (tertiary/aromatic N) is 3. The first-order valence-electron chi connectivity index (χ1n) is 14.1. The molecule has 0 saturated heterocycles. The standard InChI is InChI=1S/C33H37N3O3/c1-3-15-32(37)16-17-33(20-24-8-5-4-6-9-24)27(21-32)12-11-25-19-28(13-14-29(25)33)38-23-30-34-31(39-35-30)26-10-7-18-36(2)22-26/h4-6,8-10,13-14,19,27,37H,7,11-12,16-18,20-23H2,1-2H3/t27-,32-,33+/m1/s1. The first kappa shape index (κ1) is 25.9. The molecular weight excluding hydrogens is 486 g/mol. The minimum Gasteiger partial charge on any atom is -0.485 e. The molecule has 3 aliphatic rings. The van der Waals surface area contributed by atoms with Crippen LogP contribution in [0.5, 0.6) is 5.75 Å². The lowest BCUT2D eigenvalue weighted by Gasteiger charge is -2.52. The molecule has 1 aliphatic heterocycles. The summed E-state index contributed by atoms with van der Waals surface area (Å²) < 4.78 is 11.7. The van der Waals surface area contributed by atoms with Crippen LogP contribution in [0, 0.1) is 17.8 Å². The smallest absolute Gasteiger partial charge is 0.254 e. The van der Waals surface area contributed by atoms with Gasteiger partial charge < -0.3 is 19.3 Å². The van der Waals surface area contributed by atoms with Crippen molar-refractivity contribution >= 4 is 5.57 Å². The van der Waals surface area contributed by atoms with Crippen LogP contribution in [0.2, 0.25) is 0 Å². The van der Waals surface area contributed by atoms with Crippen LogP contribution < -0.4 is 4.74 Å². The highest BCUT2D eigenvalue weighted by Crippen LogP contribution is 2.54. The number of rotatable bonds is 6. The summed E-state index contributed by atoms with van der Waals surface area (Å²) in [5.41, 5.74) is 4.27. The minimum atomic E-state index is -0.882. The zero-order valence-corrected chi connectivity index (χ0v) is 22.9. The Bertz CT molecular complexity index is 1420. The van der Waals surface area contributed by atoms with Crippen molar-refractivity contribution in [2.45, 2.75) is 69.5 Å². The van der Waals surface area contributed by atoms with Gasteiger partial charge in [0.05, 0.1) is 0 Å².